The van der Waals surface area contributed by atoms with Crippen molar-refractivity contribution in [2.75, 3.05) is 17.6 Å². The van der Waals surface area contributed by atoms with E-state index in [1.807, 2.05) is 0 Å². The molecule has 6 nitrogen and oxygen atoms in total. The van der Waals surface area contributed by atoms with Crippen LogP contribution in [0.25, 0.3) is 0 Å². The van der Waals surface area contributed by atoms with E-state index in [0.717, 1.165) is 69.2 Å². The smallest absolute Gasteiger partial charge is 0.307 e. The van der Waals surface area contributed by atoms with Crippen LogP contribution >= 0.6 is 0 Å². The summed E-state index contributed by atoms with van der Waals surface area (Å²) in [7, 11) is -3.72. The molecule has 168 valence electrons. The van der Waals surface area contributed by atoms with Crippen LogP contribution in [-0.4, -0.2) is 43.7 Å². The predicted molar refractivity (Wildman–Crippen MR) is 123 cm³/mol. The number of carbonyl (C=O) groups is 1. The quantitative estimate of drug-likeness (QED) is 0.674. The molecule has 1 aromatic carbocycles. The lowest BCUT2D eigenvalue weighted by Crippen LogP contribution is -2.49. The van der Waals surface area contributed by atoms with Gasteiger partial charge in [0.15, 0.2) is 0 Å². The first-order chi connectivity index (χ1) is 14.2. The second-order valence-electron chi connectivity index (χ2n) is 9.11. The summed E-state index contributed by atoms with van der Waals surface area (Å²) in [6.07, 6.45) is 7.85. The van der Waals surface area contributed by atoms with Crippen molar-refractivity contribution in [3.8, 4) is 0 Å². The van der Waals surface area contributed by atoms with Crippen molar-refractivity contribution in [3.05, 3.63) is 28.3 Å². The Morgan fingerprint density at radius 2 is 2.00 bits per heavy atom. The van der Waals surface area contributed by atoms with Crippen LogP contribution < -0.4 is 10.0 Å². The fourth-order valence-corrected chi connectivity index (χ4v) is 6.40. The molecule has 0 bridgehead atoms. The Morgan fingerprint density at radius 1 is 1.23 bits per heavy atom. The molecule has 3 rings (SSSR count). The van der Waals surface area contributed by atoms with E-state index in [9.17, 15) is 13.2 Å². The first kappa shape index (κ1) is 23.1. The molecule has 1 aliphatic carbocycles. The number of carbonyl (C=O) groups excluding carboxylic acids is 1. The average Bonchev–Trinajstić information content (AvgIpc) is 3.12. The van der Waals surface area contributed by atoms with Gasteiger partial charge in [0, 0.05) is 17.8 Å². The molecular weight excluding hydrogens is 398 g/mol. The largest absolute Gasteiger partial charge is 0.332 e. The van der Waals surface area contributed by atoms with E-state index in [0.29, 0.717) is 6.04 Å². The van der Waals surface area contributed by atoms with Gasteiger partial charge in [-0.2, -0.15) is 0 Å². The standard InChI is InChI=1S/C23H37N3O3S/c1-5-9-20-17(4)14-18-10-8-12-21(18)22(20)24-23(27)25-30(28,29)15-19-11-6-7-13-26(19)16(2)3/h14,16,19H,5-13,15H2,1-4H3,(H2,24,25,27). The van der Waals surface area contributed by atoms with Gasteiger partial charge in [0.1, 0.15) is 0 Å². The Bertz CT molecular complexity index is 880. The van der Waals surface area contributed by atoms with Gasteiger partial charge in [-0.3, -0.25) is 4.90 Å². The van der Waals surface area contributed by atoms with Crippen LogP contribution in [0.1, 0.15) is 75.1 Å². The number of anilines is 1. The minimum Gasteiger partial charge on any atom is -0.307 e. The van der Waals surface area contributed by atoms with Gasteiger partial charge in [0.05, 0.1) is 5.75 Å². The maximum absolute atomic E-state index is 12.8. The number of amides is 2. The number of hydrogen-bond donors (Lipinski definition) is 2. The van der Waals surface area contributed by atoms with Gasteiger partial charge in [0.25, 0.3) is 0 Å². The van der Waals surface area contributed by atoms with Gasteiger partial charge >= 0.3 is 6.03 Å². The van der Waals surface area contributed by atoms with Gasteiger partial charge in [-0.1, -0.05) is 25.8 Å². The maximum atomic E-state index is 12.8. The molecular formula is C23H37N3O3S. The van der Waals surface area contributed by atoms with Crippen molar-refractivity contribution >= 4 is 21.7 Å². The normalized spacial score (nSPS) is 19.7. The van der Waals surface area contributed by atoms with E-state index >= 15 is 0 Å². The van der Waals surface area contributed by atoms with Gasteiger partial charge in [-0.25, -0.2) is 17.9 Å². The van der Waals surface area contributed by atoms with E-state index in [1.165, 1.54) is 16.7 Å². The lowest BCUT2D eigenvalue weighted by Gasteiger charge is -2.38. The van der Waals surface area contributed by atoms with E-state index < -0.39 is 16.1 Å². The van der Waals surface area contributed by atoms with Gasteiger partial charge in [0.2, 0.25) is 10.0 Å². The van der Waals surface area contributed by atoms with Crippen molar-refractivity contribution in [1.82, 2.24) is 9.62 Å². The fourth-order valence-electron chi connectivity index (χ4n) is 5.12. The first-order valence-corrected chi connectivity index (χ1v) is 13.1. The number of nitrogens with one attached hydrogen (secondary N) is 2. The molecule has 30 heavy (non-hydrogen) atoms. The van der Waals surface area contributed by atoms with Crippen LogP contribution in [0.2, 0.25) is 0 Å². The summed E-state index contributed by atoms with van der Waals surface area (Å²) in [5, 5.41) is 2.92. The summed E-state index contributed by atoms with van der Waals surface area (Å²) in [5.41, 5.74) is 5.59. The molecule has 2 amide bonds. The van der Waals surface area contributed by atoms with Gasteiger partial charge in [-0.05, 0) is 88.1 Å². The maximum Gasteiger partial charge on any atom is 0.332 e. The Balaban J connectivity index is 1.74. The summed E-state index contributed by atoms with van der Waals surface area (Å²) in [5.74, 6) is -0.0354. The minimum atomic E-state index is -3.72. The van der Waals surface area contributed by atoms with Crippen molar-refractivity contribution in [2.24, 2.45) is 0 Å². The molecule has 2 aliphatic rings. The molecule has 0 radical (unpaired) electrons. The monoisotopic (exact) mass is 435 g/mol. The van der Waals surface area contributed by atoms with E-state index in [4.69, 9.17) is 0 Å². The first-order valence-electron chi connectivity index (χ1n) is 11.4. The van der Waals surface area contributed by atoms with Crippen LogP contribution in [0.15, 0.2) is 6.07 Å². The van der Waals surface area contributed by atoms with Gasteiger partial charge in [-0.15, -0.1) is 0 Å². The number of nitrogens with zero attached hydrogens (tertiary/aromatic N) is 1. The highest BCUT2D eigenvalue weighted by molar-refractivity contribution is 7.90. The minimum absolute atomic E-state index is 0.0354. The van der Waals surface area contributed by atoms with E-state index in [-0.39, 0.29) is 11.8 Å². The van der Waals surface area contributed by atoms with Crippen molar-refractivity contribution < 1.29 is 13.2 Å². The zero-order valence-electron chi connectivity index (χ0n) is 18.9. The van der Waals surface area contributed by atoms with Crippen LogP contribution in [0.3, 0.4) is 0 Å². The van der Waals surface area contributed by atoms with Crippen molar-refractivity contribution in [1.29, 1.82) is 0 Å². The Morgan fingerprint density at radius 3 is 2.70 bits per heavy atom. The number of rotatable bonds is 7. The molecule has 2 N–H and O–H groups in total. The number of fused-ring (bicyclic) bond motifs is 1. The Labute approximate surface area is 181 Å². The van der Waals surface area contributed by atoms with Crippen LogP contribution in [0, 0.1) is 6.92 Å². The third kappa shape index (κ3) is 5.35. The molecule has 1 aliphatic heterocycles. The van der Waals surface area contributed by atoms with Crippen LogP contribution in [0.4, 0.5) is 10.5 Å². The molecule has 1 fully saturated rings. The van der Waals surface area contributed by atoms with E-state index in [1.54, 1.807) is 0 Å². The number of hydrogen-bond acceptors (Lipinski definition) is 4. The van der Waals surface area contributed by atoms with Crippen molar-refractivity contribution in [3.63, 3.8) is 0 Å². The number of urea groups is 1. The molecule has 1 unspecified atom stereocenters. The summed E-state index contributed by atoms with van der Waals surface area (Å²) in [6, 6.07) is 1.85. The third-order valence-electron chi connectivity index (χ3n) is 6.47. The molecule has 1 heterocycles. The number of piperidine rings is 1. The topological polar surface area (TPSA) is 78.5 Å². The number of aryl methyl sites for hydroxylation is 2. The molecule has 0 spiro atoms. The molecule has 0 saturated carbocycles. The van der Waals surface area contributed by atoms with Crippen LogP contribution in [0.5, 0.6) is 0 Å². The highest BCUT2D eigenvalue weighted by Gasteiger charge is 2.30. The molecule has 1 saturated heterocycles. The predicted octanol–water partition coefficient (Wildman–Crippen LogP) is 4.15. The Hall–Kier alpha value is -1.60. The average molecular weight is 436 g/mol. The lowest BCUT2D eigenvalue weighted by atomic mass is 9.95. The summed E-state index contributed by atoms with van der Waals surface area (Å²) in [4.78, 5) is 15.0. The zero-order valence-corrected chi connectivity index (χ0v) is 19.7. The lowest BCUT2D eigenvalue weighted by molar-refractivity contribution is 0.125. The summed E-state index contributed by atoms with van der Waals surface area (Å²) >= 11 is 0. The fraction of sp³-hybridized carbons (Fsp3) is 0.696. The van der Waals surface area contributed by atoms with Crippen molar-refractivity contribution in [2.45, 2.75) is 91.1 Å². The summed E-state index contributed by atoms with van der Waals surface area (Å²) < 4.78 is 27.8. The number of likely N-dealkylation sites (tertiary alicyclic amines) is 1. The van der Waals surface area contributed by atoms with Crippen LogP contribution in [-0.2, 0) is 29.3 Å². The molecule has 0 aromatic heterocycles. The Kier molecular flexibility index (Phi) is 7.45. The SMILES string of the molecule is CCCc1c(C)cc2c(c1NC(=O)NS(=O)(=O)CC1CCCCN1C(C)C)CCC2. The second kappa shape index (κ2) is 9.69. The second-order valence-corrected chi connectivity index (χ2v) is 10.9. The zero-order chi connectivity index (χ0) is 21.9. The molecule has 1 atom stereocenters. The van der Waals surface area contributed by atoms with E-state index in [2.05, 4.69) is 48.7 Å². The third-order valence-corrected chi connectivity index (χ3v) is 7.79. The number of sulfonamides is 1. The van der Waals surface area contributed by atoms with Gasteiger partial charge < -0.3 is 5.32 Å². The highest BCUT2D eigenvalue weighted by atomic mass is 32.2. The molecule has 1 aromatic rings. The highest BCUT2D eigenvalue weighted by Crippen LogP contribution is 2.35. The summed E-state index contributed by atoms with van der Waals surface area (Å²) in [6.45, 7) is 9.30. The molecule has 7 heteroatoms. The number of benzene rings is 1.